The van der Waals surface area contributed by atoms with Gasteiger partial charge in [0.2, 0.25) is 0 Å². The lowest BCUT2D eigenvalue weighted by atomic mass is 9.84. The van der Waals surface area contributed by atoms with Crippen LogP contribution < -0.4 is 15.2 Å². The number of rotatable bonds is 8. The summed E-state index contributed by atoms with van der Waals surface area (Å²) in [6.07, 6.45) is 1.71. The lowest BCUT2D eigenvalue weighted by molar-refractivity contribution is -0.0649. The summed E-state index contributed by atoms with van der Waals surface area (Å²) < 4.78 is 16.7. The Kier molecular flexibility index (Phi) is 6.30. The zero-order chi connectivity index (χ0) is 15.2. The third-order valence-corrected chi connectivity index (χ3v) is 3.97. The molecule has 4 heteroatoms. The average molecular weight is 281 g/mol. The molecule has 2 N–H and O–H groups in total. The maximum atomic E-state index is 6.50. The minimum absolute atomic E-state index is 0.238. The predicted octanol–water partition coefficient (Wildman–Crippen LogP) is 3.30. The molecular formula is C16H27NO3. The molecule has 0 aliphatic rings. The van der Waals surface area contributed by atoms with Crippen LogP contribution in [-0.4, -0.2) is 26.4 Å². The number of benzene rings is 1. The Morgan fingerprint density at radius 3 is 2.20 bits per heavy atom. The molecule has 0 radical (unpaired) electrons. The van der Waals surface area contributed by atoms with Crippen molar-refractivity contribution in [3.8, 4) is 11.5 Å². The molecule has 1 rings (SSSR count). The summed E-state index contributed by atoms with van der Waals surface area (Å²) in [5, 5.41) is 0. The Bertz CT molecular complexity index is 416. The molecule has 1 atom stereocenters. The normalized spacial score (nSPS) is 13.1. The van der Waals surface area contributed by atoms with Crippen molar-refractivity contribution in [2.24, 2.45) is 5.73 Å². The Hall–Kier alpha value is -1.26. The van der Waals surface area contributed by atoms with Crippen LogP contribution in [0.5, 0.6) is 11.5 Å². The van der Waals surface area contributed by atoms with Gasteiger partial charge in [0.15, 0.2) is 0 Å². The minimum atomic E-state index is -0.364. The highest BCUT2D eigenvalue weighted by atomic mass is 16.5. The number of nitrogens with two attached hydrogens (primary N) is 1. The van der Waals surface area contributed by atoms with Crippen molar-refractivity contribution < 1.29 is 14.2 Å². The fraction of sp³-hybridized carbons (Fsp3) is 0.625. The van der Waals surface area contributed by atoms with Gasteiger partial charge in [0, 0.05) is 18.2 Å². The largest absolute Gasteiger partial charge is 0.497 e. The van der Waals surface area contributed by atoms with Crippen molar-refractivity contribution in [2.75, 3.05) is 20.8 Å². The molecule has 1 aromatic rings. The quantitative estimate of drug-likeness (QED) is 0.794. The van der Waals surface area contributed by atoms with E-state index in [2.05, 4.69) is 13.8 Å². The minimum Gasteiger partial charge on any atom is -0.497 e. The van der Waals surface area contributed by atoms with Crippen molar-refractivity contribution >= 4 is 0 Å². The first-order valence-electron chi connectivity index (χ1n) is 7.19. The molecule has 0 heterocycles. The van der Waals surface area contributed by atoms with Crippen molar-refractivity contribution in [2.45, 2.75) is 45.3 Å². The second-order valence-electron chi connectivity index (χ2n) is 4.79. The van der Waals surface area contributed by atoms with Gasteiger partial charge < -0.3 is 19.9 Å². The lowest BCUT2D eigenvalue weighted by Crippen LogP contribution is -2.43. The van der Waals surface area contributed by atoms with Gasteiger partial charge in [-0.15, -0.1) is 0 Å². The van der Waals surface area contributed by atoms with Gasteiger partial charge in [-0.3, -0.25) is 0 Å². The highest BCUT2D eigenvalue weighted by molar-refractivity contribution is 5.43. The first kappa shape index (κ1) is 16.8. The fourth-order valence-electron chi connectivity index (χ4n) is 2.63. The zero-order valence-corrected chi connectivity index (χ0v) is 13.2. The van der Waals surface area contributed by atoms with Crippen LogP contribution in [0.1, 0.15) is 45.2 Å². The molecule has 0 amide bonds. The van der Waals surface area contributed by atoms with E-state index in [0.717, 1.165) is 29.9 Å². The molecule has 0 fully saturated rings. The predicted molar refractivity (Wildman–Crippen MR) is 81.4 cm³/mol. The summed E-state index contributed by atoms with van der Waals surface area (Å²) in [7, 11) is 3.28. The molecule has 0 saturated carbocycles. The van der Waals surface area contributed by atoms with Crippen molar-refractivity contribution in [3.63, 3.8) is 0 Å². The second kappa shape index (κ2) is 7.50. The Balaban J connectivity index is 3.20. The van der Waals surface area contributed by atoms with Gasteiger partial charge in [-0.25, -0.2) is 0 Å². The first-order valence-corrected chi connectivity index (χ1v) is 7.19. The SMILES string of the molecule is CCOC(CC)(CC)C(N)c1ccc(OC)cc1OC. The van der Waals surface area contributed by atoms with Gasteiger partial charge in [0.05, 0.1) is 25.9 Å². The molecule has 20 heavy (non-hydrogen) atoms. The van der Waals surface area contributed by atoms with E-state index in [9.17, 15) is 0 Å². The van der Waals surface area contributed by atoms with Crippen molar-refractivity contribution in [3.05, 3.63) is 23.8 Å². The van der Waals surface area contributed by atoms with Crippen LogP contribution in [0.3, 0.4) is 0 Å². The Labute approximate surface area is 122 Å². The Morgan fingerprint density at radius 2 is 1.75 bits per heavy atom. The number of methoxy groups -OCH3 is 2. The van der Waals surface area contributed by atoms with E-state index < -0.39 is 0 Å². The summed E-state index contributed by atoms with van der Waals surface area (Å²) in [6.45, 7) is 6.86. The van der Waals surface area contributed by atoms with Gasteiger partial charge in [0.25, 0.3) is 0 Å². The average Bonchev–Trinajstić information content (AvgIpc) is 2.51. The van der Waals surface area contributed by atoms with Crippen LogP contribution in [0.25, 0.3) is 0 Å². The van der Waals surface area contributed by atoms with Crippen LogP contribution >= 0.6 is 0 Å². The second-order valence-corrected chi connectivity index (χ2v) is 4.79. The standard InChI is InChI=1S/C16H27NO3/c1-6-16(7-2,20-8-3)15(17)13-10-9-12(18-4)11-14(13)19-5/h9-11,15H,6-8,17H2,1-5H3. The van der Waals surface area contributed by atoms with Gasteiger partial charge >= 0.3 is 0 Å². The van der Waals surface area contributed by atoms with Gasteiger partial charge in [-0.1, -0.05) is 13.8 Å². The van der Waals surface area contributed by atoms with E-state index in [1.165, 1.54) is 0 Å². The van der Waals surface area contributed by atoms with Crippen molar-refractivity contribution in [1.29, 1.82) is 0 Å². The van der Waals surface area contributed by atoms with E-state index in [1.54, 1.807) is 14.2 Å². The van der Waals surface area contributed by atoms with Gasteiger partial charge in [0.1, 0.15) is 11.5 Å². The van der Waals surface area contributed by atoms with E-state index >= 15 is 0 Å². The van der Waals surface area contributed by atoms with E-state index in [1.807, 2.05) is 25.1 Å². The molecule has 0 aliphatic heterocycles. The number of hydrogen-bond acceptors (Lipinski definition) is 4. The van der Waals surface area contributed by atoms with Crippen LogP contribution in [0.15, 0.2) is 18.2 Å². The lowest BCUT2D eigenvalue weighted by Gasteiger charge is -2.38. The molecule has 1 unspecified atom stereocenters. The monoisotopic (exact) mass is 281 g/mol. The summed E-state index contributed by atoms with van der Waals surface area (Å²) in [5.41, 5.74) is 7.09. The molecule has 0 spiro atoms. The van der Waals surface area contributed by atoms with Crippen LogP contribution in [-0.2, 0) is 4.74 Å². The third kappa shape index (κ3) is 3.25. The van der Waals surface area contributed by atoms with Gasteiger partial charge in [-0.05, 0) is 31.9 Å². The van der Waals surface area contributed by atoms with E-state index in [-0.39, 0.29) is 11.6 Å². The summed E-state index contributed by atoms with van der Waals surface area (Å²) in [5.74, 6) is 1.50. The molecule has 4 nitrogen and oxygen atoms in total. The smallest absolute Gasteiger partial charge is 0.127 e. The van der Waals surface area contributed by atoms with Crippen molar-refractivity contribution in [1.82, 2.24) is 0 Å². The number of ether oxygens (including phenoxy) is 3. The Morgan fingerprint density at radius 1 is 1.10 bits per heavy atom. The van der Waals surface area contributed by atoms with Gasteiger partial charge in [-0.2, -0.15) is 0 Å². The molecule has 0 aliphatic carbocycles. The molecule has 0 saturated heterocycles. The summed E-state index contributed by atoms with van der Waals surface area (Å²) in [6, 6.07) is 5.48. The highest BCUT2D eigenvalue weighted by Crippen LogP contribution is 2.38. The summed E-state index contributed by atoms with van der Waals surface area (Å²) >= 11 is 0. The van der Waals surface area contributed by atoms with Crippen LogP contribution in [0.2, 0.25) is 0 Å². The summed E-state index contributed by atoms with van der Waals surface area (Å²) in [4.78, 5) is 0. The molecule has 1 aromatic carbocycles. The molecule has 0 bridgehead atoms. The van der Waals surface area contributed by atoms with Crippen LogP contribution in [0, 0.1) is 0 Å². The third-order valence-electron chi connectivity index (χ3n) is 3.97. The zero-order valence-electron chi connectivity index (χ0n) is 13.2. The molecular weight excluding hydrogens is 254 g/mol. The number of hydrogen-bond donors (Lipinski definition) is 1. The van der Waals surface area contributed by atoms with E-state index in [4.69, 9.17) is 19.9 Å². The highest BCUT2D eigenvalue weighted by Gasteiger charge is 2.36. The fourth-order valence-corrected chi connectivity index (χ4v) is 2.63. The van der Waals surface area contributed by atoms with Crippen LogP contribution in [0.4, 0.5) is 0 Å². The maximum absolute atomic E-state index is 6.50. The topological polar surface area (TPSA) is 53.7 Å². The maximum Gasteiger partial charge on any atom is 0.127 e. The van der Waals surface area contributed by atoms with E-state index in [0.29, 0.717) is 6.61 Å². The molecule has 114 valence electrons. The molecule has 0 aromatic heterocycles. The first-order chi connectivity index (χ1) is 9.58.